The van der Waals surface area contributed by atoms with Gasteiger partial charge in [-0.25, -0.2) is 0 Å². The lowest BCUT2D eigenvalue weighted by molar-refractivity contribution is -0.122. The van der Waals surface area contributed by atoms with E-state index in [2.05, 4.69) is 17.4 Å². The number of amides is 1. The lowest BCUT2D eigenvalue weighted by Gasteiger charge is -2.20. The van der Waals surface area contributed by atoms with Crippen molar-refractivity contribution in [2.24, 2.45) is 0 Å². The summed E-state index contributed by atoms with van der Waals surface area (Å²) >= 11 is 0. The monoisotopic (exact) mass is 309 g/mol. The molecule has 3 nitrogen and oxygen atoms in total. The summed E-state index contributed by atoms with van der Waals surface area (Å²) in [6.07, 6.45) is 4.93. The molecule has 0 saturated heterocycles. The van der Waals surface area contributed by atoms with Gasteiger partial charge in [-0.1, -0.05) is 31.2 Å². The molecule has 0 aliphatic heterocycles. The van der Waals surface area contributed by atoms with Crippen LogP contribution in [0.2, 0.25) is 0 Å². The number of carbonyl (C=O) groups excluding carboxylic acids is 1. The molecule has 2 aromatic carbocycles. The van der Waals surface area contributed by atoms with E-state index in [1.807, 2.05) is 43.3 Å². The second kappa shape index (κ2) is 7.32. The van der Waals surface area contributed by atoms with E-state index >= 15 is 0 Å². The Labute approximate surface area is 137 Å². The number of rotatable bonds is 5. The zero-order valence-corrected chi connectivity index (χ0v) is 13.5. The first-order chi connectivity index (χ1) is 11.3. The van der Waals surface area contributed by atoms with Crippen LogP contribution in [0, 0.1) is 0 Å². The third-order valence-electron chi connectivity index (χ3n) is 4.30. The van der Waals surface area contributed by atoms with Crippen LogP contribution in [0.25, 0.3) is 0 Å². The van der Waals surface area contributed by atoms with Gasteiger partial charge in [0.05, 0.1) is 0 Å². The van der Waals surface area contributed by atoms with E-state index in [-0.39, 0.29) is 5.91 Å². The van der Waals surface area contributed by atoms with Crippen LogP contribution in [-0.2, 0) is 17.6 Å². The number of nitrogens with one attached hydrogen (secondary N) is 1. The Morgan fingerprint density at radius 2 is 1.83 bits per heavy atom. The van der Waals surface area contributed by atoms with Crippen molar-refractivity contribution in [2.75, 3.05) is 5.32 Å². The quantitative estimate of drug-likeness (QED) is 0.891. The fourth-order valence-corrected chi connectivity index (χ4v) is 3.01. The lowest BCUT2D eigenvalue weighted by atomic mass is 9.92. The van der Waals surface area contributed by atoms with Crippen molar-refractivity contribution in [3.05, 3.63) is 59.7 Å². The fraction of sp³-hybridized carbons (Fsp3) is 0.350. The maximum absolute atomic E-state index is 12.4. The van der Waals surface area contributed by atoms with Gasteiger partial charge in [-0.2, -0.15) is 0 Å². The molecule has 23 heavy (non-hydrogen) atoms. The SMILES string of the molecule is CC[C@@H](Oc1ccc2c(c1)CCCC2)C(=O)Nc1ccccc1. The minimum Gasteiger partial charge on any atom is -0.481 e. The van der Waals surface area contributed by atoms with Crippen LogP contribution in [-0.4, -0.2) is 12.0 Å². The molecule has 2 aromatic rings. The molecule has 3 heteroatoms. The van der Waals surface area contributed by atoms with E-state index in [1.165, 1.54) is 24.0 Å². The number of hydrogen-bond acceptors (Lipinski definition) is 2. The van der Waals surface area contributed by atoms with Crippen LogP contribution in [0.3, 0.4) is 0 Å². The molecule has 0 radical (unpaired) electrons. The van der Waals surface area contributed by atoms with Crippen molar-refractivity contribution in [1.29, 1.82) is 0 Å². The van der Waals surface area contributed by atoms with Crippen molar-refractivity contribution in [1.82, 2.24) is 0 Å². The number of benzene rings is 2. The summed E-state index contributed by atoms with van der Waals surface area (Å²) in [4.78, 5) is 12.4. The van der Waals surface area contributed by atoms with Gasteiger partial charge < -0.3 is 10.1 Å². The van der Waals surface area contributed by atoms with Crippen LogP contribution in [0.4, 0.5) is 5.69 Å². The third-order valence-corrected chi connectivity index (χ3v) is 4.30. The molecule has 1 N–H and O–H groups in total. The third kappa shape index (κ3) is 3.92. The Morgan fingerprint density at radius 3 is 2.57 bits per heavy atom. The Hall–Kier alpha value is -2.29. The summed E-state index contributed by atoms with van der Waals surface area (Å²) in [5.41, 5.74) is 3.59. The molecule has 0 saturated carbocycles. The van der Waals surface area contributed by atoms with Gasteiger partial charge in [-0.3, -0.25) is 4.79 Å². The molecule has 0 aromatic heterocycles. The van der Waals surface area contributed by atoms with E-state index in [0.29, 0.717) is 6.42 Å². The highest BCUT2D eigenvalue weighted by molar-refractivity contribution is 5.94. The second-order valence-electron chi connectivity index (χ2n) is 6.01. The average molecular weight is 309 g/mol. The molecule has 1 aliphatic carbocycles. The van der Waals surface area contributed by atoms with Gasteiger partial charge in [0.25, 0.3) is 5.91 Å². The van der Waals surface area contributed by atoms with E-state index in [4.69, 9.17) is 4.74 Å². The topological polar surface area (TPSA) is 38.3 Å². The number of hydrogen-bond donors (Lipinski definition) is 1. The number of ether oxygens (including phenoxy) is 1. The average Bonchev–Trinajstić information content (AvgIpc) is 2.60. The van der Waals surface area contributed by atoms with Crippen LogP contribution >= 0.6 is 0 Å². The van der Waals surface area contributed by atoms with Gasteiger partial charge >= 0.3 is 0 Å². The molecule has 3 rings (SSSR count). The summed E-state index contributed by atoms with van der Waals surface area (Å²) in [5.74, 6) is 0.692. The summed E-state index contributed by atoms with van der Waals surface area (Å²) in [6.45, 7) is 1.97. The first-order valence-corrected chi connectivity index (χ1v) is 8.40. The highest BCUT2D eigenvalue weighted by atomic mass is 16.5. The predicted molar refractivity (Wildman–Crippen MR) is 92.9 cm³/mol. The summed E-state index contributed by atoms with van der Waals surface area (Å²) in [5, 5.41) is 2.91. The summed E-state index contributed by atoms with van der Waals surface area (Å²) < 4.78 is 5.95. The van der Waals surface area contributed by atoms with Crippen LogP contribution in [0.1, 0.15) is 37.3 Å². The Balaban J connectivity index is 1.68. The molecule has 0 fully saturated rings. The van der Waals surface area contributed by atoms with Gasteiger partial charge in [0.2, 0.25) is 0 Å². The number of para-hydroxylation sites is 1. The van der Waals surface area contributed by atoms with Gasteiger partial charge in [-0.05, 0) is 67.5 Å². The standard InChI is InChI=1S/C20H23NO2/c1-2-19(20(22)21-17-10-4-3-5-11-17)23-18-13-12-15-8-6-7-9-16(15)14-18/h3-5,10-14,19H,2,6-9H2,1H3,(H,21,22)/t19-/m1/s1. The highest BCUT2D eigenvalue weighted by Crippen LogP contribution is 2.26. The molecule has 0 heterocycles. The molecule has 1 aliphatic rings. The first kappa shape index (κ1) is 15.6. The minimum absolute atomic E-state index is 0.101. The second-order valence-corrected chi connectivity index (χ2v) is 6.01. The highest BCUT2D eigenvalue weighted by Gasteiger charge is 2.19. The molecule has 120 valence electrons. The van der Waals surface area contributed by atoms with Crippen molar-refractivity contribution >= 4 is 11.6 Å². The predicted octanol–water partition coefficient (Wildman–Crippen LogP) is 4.36. The summed E-state index contributed by atoms with van der Waals surface area (Å²) in [6, 6.07) is 15.7. The molecule has 1 amide bonds. The van der Waals surface area contributed by atoms with Gasteiger partial charge in [-0.15, -0.1) is 0 Å². The van der Waals surface area contributed by atoms with Gasteiger partial charge in [0.1, 0.15) is 5.75 Å². The van der Waals surface area contributed by atoms with E-state index in [0.717, 1.165) is 24.3 Å². The zero-order valence-electron chi connectivity index (χ0n) is 13.5. The first-order valence-electron chi connectivity index (χ1n) is 8.40. The summed E-state index contributed by atoms with van der Waals surface area (Å²) in [7, 11) is 0. The number of carbonyl (C=O) groups is 1. The molecule has 0 bridgehead atoms. The zero-order chi connectivity index (χ0) is 16.1. The number of fused-ring (bicyclic) bond motifs is 1. The van der Waals surface area contributed by atoms with Gasteiger partial charge in [0, 0.05) is 5.69 Å². The largest absolute Gasteiger partial charge is 0.481 e. The van der Waals surface area contributed by atoms with Crippen LogP contribution in [0.15, 0.2) is 48.5 Å². The van der Waals surface area contributed by atoms with E-state index in [9.17, 15) is 4.79 Å². The smallest absolute Gasteiger partial charge is 0.265 e. The van der Waals surface area contributed by atoms with Crippen molar-refractivity contribution in [2.45, 2.75) is 45.1 Å². The van der Waals surface area contributed by atoms with Crippen molar-refractivity contribution < 1.29 is 9.53 Å². The lowest BCUT2D eigenvalue weighted by Crippen LogP contribution is -2.32. The fourth-order valence-electron chi connectivity index (χ4n) is 3.01. The maximum atomic E-state index is 12.4. The molecule has 1 atom stereocenters. The van der Waals surface area contributed by atoms with E-state index in [1.54, 1.807) is 0 Å². The molecular weight excluding hydrogens is 286 g/mol. The van der Waals surface area contributed by atoms with Crippen molar-refractivity contribution in [3.63, 3.8) is 0 Å². The molecular formula is C20H23NO2. The Bertz CT molecular complexity index is 667. The molecule has 0 spiro atoms. The number of aryl methyl sites for hydroxylation is 2. The van der Waals surface area contributed by atoms with E-state index < -0.39 is 6.10 Å². The minimum atomic E-state index is -0.475. The molecule has 0 unspecified atom stereocenters. The maximum Gasteiger partial charge on any atom is 0.265 e. The number of anilines is 1. The van der Waals surface area contributed by atoms with Crippen molar-refractivity contribution in [3.8, 4) is 5.75 Å². The Kier molecular flexibility index (Phi) is 4.96. The Morgan fingerprint density at radius 1 is 1.09 bits per heavy atom. The van der Waals surface area contributed by atoms with Gasteiger partial charge in [0.15, 0.2) is 6.10 Å². The van der Waals surface area contributed by atoms with Crippen LogP contribution in [0.5, 0.6) is 5.75 Å². The van der Waals surface area contributed by atoms with Crippen LogP contribution < -0.4 is 10.1 Å². The normalized spacial score (nSPS) is 14.7.